The van der Waals surface area contributed by atoms with Crippen LogP contribution in [0.1, 0.15) is 45.7 Å². The van der Waals surface area contributed by atoms with E-state index in [1.807, 2.05) is 19.1 Å². The molecule has 0 atom stereocenters. The van der Waals surface area contributed by atoms with Gasteiger partial charge in [-0.2, -0.15) is 0 Å². The Balaban J connectivity index is 1.61. The number of amides is 1. The number of aromatic nitrogens is 1. The summed E-state index contributed by atoms with van der Waals surface area (Å²) in [5.41, 5.74) is 2.94. The molecular weight excluding hydrogens is 318 g/mol. The number of hydrogen-bond acceptors (Lipinski definition) is 4. The lowest BCUT2D eigenvalue weighted by atomic mass is 10.1. The largest absolute Gasteiger partial charge is 0.321 e. The molecule has 3 rings (SSSR count). The van der Waals surface area contributed by atoms with Gasteiger partial charge in [0.15, 0.2) is 0 Å². The van der Waals surface area contributed by atoms with E-state index in [4.69, 9.17) is 0 Å². The molecule has 24 heavy (non-hydrogen) atoms. The van der Waals surface area contributed by atoms with Crippen molar-refractivity contribution >= 4 is 22.9 Å². The summed E-state index contributed by atoms with van der Waals surface area (Å²) in [7, 11) is 0. The van der Waals surface area contributed by atoms with E-state index in [1.54, 1.807) is 0 Å². The zero-order valence-electron chi connectivity index (χ0n) is 14.5. The lowest BCUT2D eigenvalue weighted by Gasteiger charge is -2.12. The molecule has 128 valence electrons. The number of aryl methyl sites for hydroxylation is 2. The van der Waals surface area contributed by atoms with Gasteiger partial charge in [0.25, 0.3) is 5.91 Å². The van der Waals surface area contributed by atoms with Crippen molar-refractivity contribution in [2.45, 2.75) is 39.5 Å². The van der Waals surface area contributed by atoms with Crippen LogP contribution in [0.4, 0.5) is 5.69 Å². The fourth-order valence-corrected chi connectivity index (χ4v) is 3.99. The van der Waals surface area contributed by atoms with Gasteiger partial charge in [-0.05, 0) is 57.0 Å². The van der Waals surface area contributed by atoms with Crippen molar-refractivity contribution in [3.05, 3.63) is 45.4 Å². The predicted molar refractivity (Wildman–Crippen MR) is 100 cm³/mol. The summed E-state index contributed by atoms with van der Waals surface area (Å²) in [5, 5.41) is 4.04. The monoisotopic (exact) mass is 343 g/mol. The van der Waals surface area contributed by atoms with Crippen LogP contribution in [0.2, 0.25) is 0 Å². The van der Waals surface area contributed by atoms with E-state index >= 15 is 0 Å². The van der Waals surface area contributed by atoms with Gasteiger partial charge in [0, 0.05) is 18.7 Å². The fourth-order valence-electron chi connectivity index (χ4n) is 3.04. The Morgan fingerprint density at radius 2 is 1.96 bits per heavy atom. The maximum Gasteiger partial charge on any atom is 0.267 e. The molecule has 1 N–H and O–H groups in total. The summed E-state index contributed by atoms with van der Waals surface area (Å²) < 4.78 is 0. The fraction of sp³-hybridized carbons (Fsp3) is 0.474. The second kappa shape index (κ2) is 7.90. The molecule has 1 aromatic carbocycles. The maximum absolute atomic E-state index is 12.5. The Bertz CT molecular complexity index is 687. The molecule has 2 heterocycles. The molecular formula is C19H25N3OS. The number of thiazole rings is 1. The molecule has 1 fully saturated rings. The van der Waals surface area contributed by atoms with Gasteiger partial charge in [0.05, 0.1) is 10.7 Å². The van der Waals surface area contributed by atoms with Gasteiger partial charge in [0.1, 0.15) is 4.88 Å². The summed E-state index contributed by atoms with van der Waals surface area (Å²) in [6, 6.07) is 8.02. The van der Waals surface area contributed by atoms with Crippen LogP contribution in [-0.2, 0) is 12.8 Å². The van der Waals surface area contributed by atoms with Crippen molar-refractivity contribution in [1.29, 1.82) is 0 Å². The van der Waals surface area contributed by atoms with Crippen molar-refractivity contribution in [3.63, 3.8) is 0 Å². The molecule has 0 bridgehead atoms. The van der Waals surface area contributed by atoms with E-state index in [0.29, 0.717) is 0 Å². The highest BCUT2D eigenvalue weighted by atomic mass is 32.1. The number of carbonyl (C=O) groups excluding carboxylic acids is 1. The standard InChI is InChI=1S/C19H25N3OS/c1-3-15-6-8-16(9-7-15)21-19(23)18-14(2)20-17(24-18)10-13-22-11-4-5-12-22/h6-9H,3-5,10-13H2,1-2H3,(H,21,23). The minimum atomic E-state index is -0.0540. The summed E-state index contributed by atoms with van der Waals surface area (Å²) in [6.07, 6.45) is 4.55. The third-order valence-electron chi connectivity index (χ3n) is 4.51. The van der Waals surface area contributed by atoms with Crippen molar-refractivity contribution in [2.75, 3.05) is 25.0 Å². The SMILES string of the molecule is CCc1ccc(NC(=O)c2sc(CCN3CCCC3)nc2C)cc1. The average molecular weight is 343 g/mol. The summed E-state index contributed by atoms with van der Waals surface area (Å²) in [4.78, 5) is 20.3. The minimum Gasteiger partial charge on any atom is -0.321 e. The molecule has 4 nitrogen and oxygen atoms in total. The number of likely N-dealkylation sites (tertiary alicyclic amines) is 1. The second-order valence-electron chi connectivity index (χ2n) is 6.33. The summed E-state index contributed by atoms with van der Waals surface area (Å²) >= 11 is 1.53. The lowest BCUT2D eigenvalue weighted by Crippen LogP contribution is -2.21. The van der Waals surface area contributed by atoms with Gasteiger partial charge in [-0.1, -0.05) is 19.1 Å². The highest BCUT2D eigenvalue weighted by Gasteiger charge is 2.17. The number of carbonyl (C=O) groups is 1. The van der Waals surface area contributed by atoms with Crippen molar-refractivity contribution in [3.8, 4) is 0 Å². The van der Waals surface area contributed by atoms with E-state index in [2.05, 4.69) is 34.3 Å². The van der Waals surface area contributed by atoms with Gasteiger partial charge < -0.3 is 10.2 Å². The van der Waals surface area contributed by atoms with Crippen LogP contribution in [0.5, 0.6) is 0 Å². The molecule has 2 aromatic rings. The number of benzene rings is 1. The first-order valence-corrected chi connectivity index (χ1v) is 9.56. The van der Waals surface area contributed by atoms with E-state index in [0.717, 1.165) is 40.7 Å². The first kappa shape index (κ1) is 17.1. The Labute approximate surface area is 147 Å². The molecule has 0 radical (unpaired) electrons. The molecule has 0 aliphatic carbocycles. The highest BCUT2D eigenvalue weighted by molar-refractivity contribution is 7.13. The quantitative estimate of drug-likeness (QED) is 0.865. The third kappa shape index (κ3) is 4.22. The highest BCUT2D eigenvalue weighted by Crippen LogP contribution is 2.21. The molecule has 1 saturated heterocycles. The minimum absolute atomic E-state index is 0.0540. The Kier molecular flexibility index (Phi) is 5.63. The van der Waals surface area contributed by atoms with Crippen LogP contribution in [0.25, 0.3) is 0 Å². The first-order valence-electron chi connectivity index (χ1n) is 8.74. The number of nitrogens with zero attached hydrogens (tertiary/aromatic N) is 2. The van der Waals surface area contributed by atoms with Crippen molar-refractivity contribution < 1.29 is 4.79 Å². The van der Waals surface area contributed by atoms with Gasteiger partial charge in [-0.3, -0.25) is 4.79 Å². The van der Waals surface area contributed by atoms with Crippen LogP contribution in [0.3, 0.4) is 0 Å². The molecule has 0 spiro atoms. The van der Waals surface area contributed by atoms with E-state index in [1.165, 1.54) is 42.8 Å². The lowest BCUT2D eigenvalue weighted by molar-refractivity contribution is 0.103. The molecule has 0 unspecified atom stereocenters. The third-order valence-corrected chi connectivity index (χ3v) is 5.72. The van der Waals surface area contributed by atoms with Gasteiger partial charge in [-0.25, -0.2) is 4.98 Å². The Morgan fingerprint density at radius 1 is 1.25 bits per heavy atom. The van der Waals surface area contributed by atoms with E-state index in [-0.39, 0.29) is 5.91 Å². The Hall–Kier alpha value is -1.72. The van der Waals surface area contributed by atoms with Crippen LogP contribution >= 0.6 is 11.3 Å². The number of anilines is 1. The van der Waals surface area contributed by atoms with E-state index < -0.39 is 0 Å². The van der Waals surface area contributed by atoms with Gasteiger partial charge in [0.2, 0.25) is 0 Å². The maximum atomic E-state index is 12.5. The zero-order chi connectivity index (χ0) is 16.9. The van der Waals surface area contributed by atoms with E-state index in [9.17, 15) is 4.79 Å². The van der Waals surface area contributed by atoms with Crippen LogP contribution < -0.4 is 5.32 Å². The molecule has 1 amide bonds. The van der Waals surface area contributed by atoms with Crippen LogP contribution in [0.15, 0.2) is 24.3 Å². The summed E-state index contributed by atoms with van der Waals surface area (Å²) in [6.45, 7) is 7.49. The molecule has 1 aromatic heterocycles. The average Bonchev–Trinajstić information content (AvgIpc) is 3.23. The Morgan fingerprint density at radius 3 is 2.62 bits per heavy atom. The molecule has 1 aliphatic rings. The predicted octanol–water partition coefficient (Wildman–Crippen LogP) is 3.90. The topological polar surface area (TPSA) is 45.2 Å². The zero-order valence-corrected chi connectivity index (χ0v) is 15.3. The molecule has 5 heteroatoms. The number of hydrogen-bond donors (Lipinski definition) is 1. The van der Waals surface area contributed by atoms with Gasteiger partial charge in [-0.15, -0.1) is 11.3 Å². The van der Waals surface area contributed by atoms with Crippen molar-refractivity contribution in [1.82, 2.24) is 9.88 Å². The smallest absolute Gasteiger partial charge is 0.267 e. The molecule has 1 aliphatic heterocycles. The number of rotatable bonds is 6. The summed E-state index contributed by atoms with van der Waals surface area (Å²) in [5.74, 6) is -0.0540. The van der Waals surface area contributed by atoms with Gasteiger partial charge >= 0.3 is 0 Å². The second-order valence-corrected chi connectivity index (χ2v) is 7.41. The number of nitrogens with one attached hydrogen (secondary N) is 1. The van der Waals surface area contributed by atoms with Crippen molar-refractivity contribution in [2.24, 2.45) is 0 Å². The van der Waals surface area contributed by atoms with Crippen LogP contribution in [0, 0.1) is 6.92 Å². The molecule has 0 saturated carbocycles. The normalized spacial score (nSPS) is 14.9. The first-order chi connectivity index (χ1) is 11.7. The van der Waals surface area contributed by atoms with Crippen LogP contribution in [-0.4, -0.2) is 35.4 Å².